The highest BCUT2D eigenvalue weighted by molar-refractivity contribution is 7.12. The molecule has 0 aliphatic heterocycles. The fourth-order valence-electron chi connectivity index (χ4n) is 1.30. The van der Waals surface area contributed by atoms with Gasteiger partial charge >= 0.3 is 6.03 Å². The summed E-state index contributed by atoms with van der Waals surface area (Å²) >= 11 is 1.23. The van der Waals surface area contributed by atoms with Gasteiger partial charge in [0, 0.05) is 5.69 Å². The number of anilines is 1. The smallest absolute Gasteiger partial charge is 0.308 e. The van der Waals surface area contributed by atoms with Gasteiger partial charge in [0.05, 0.1) is 4.88 Å². The van der Waals surface area contributed by atoms with Gasteiger partial charge in [-0.3, -0.25) is 10.1 Å². The van der Waals surface area contributed by atoms with E-state index in [0.717, 1.165) is 6.07 Å². The standard InChI is InChI=1S/C12H9FN2O2S/c13-8-3-1-4-9(7-8)14-12(17)15-11(16)10-5-2-6-18-10/h1-7H,(H2,14,15,16,17). The summed E-state index contributed by atoms with van der Waals surface area (Å²) in [7, 11) is 0. The maximum Gasteiger partial charge on any atom is 0.326 e. The van der Waals surface area contributed by atoms with E-state index in [0.29, 0.717) is 4.88 Å². The number of rotatable bonds is 2. The molecule has 6 heteroatoms. The molecule has 0 radical (unpaired) electrons. The third-order valence-corrected chi connectivity index (χ3v) is 2.92. The fraction of sp³-hybridized carbons (Fsp3) is 0. The fourth-order valence-corrected chi connectivity index (χ4v) is 1.92. The van der Waals surface area contributed by atoms with Crippen LogP contribution >= 0.6 is 11.3 Å². The molecule has 0 bridgehead atoms. The Hall–Kier alpha value is -2.21. The Balaban J connectivity index is 1.95. The number of imide groups is 1. The van der Waals surface area contributed by atoms with Crippen LogP contribution in [0.15, 0.2) is 41.8 Å². The Morgan fingerprint density at radius 1 is 1.17 bits per heavy atom. The highest BCUT2D eigenvalue weighted by atomic mass is 32.1. The van der Waals surface area contributed by atoms with Crippen LogP contribution in [0.25, 0.3) is 0 Å². The third kappa shape index (κ3) is 3.14. The lowest BCUT2D eigenvalue weighted by Crippen LogP contribution is -2.33. The van der Waals surface area contributed by atoms with Crippen LogP contribution in [0.2, 0.25) is 0 Å². The van der Waals surface area contributed by atoms with Crippen LogP contribution in [-0.4, -0.2) is 11.9 Å². The van der Waals surface area contributed by atoms with E-state index in [4.69, 9.17) is 0 Å². The number of hydrogen-bond donors (Lipinski definition) is 2. The molecule has 1 aromatic carbocycles. The Labute approximate surface area is 106 Å². The van der Waals surface area contributed by atoms with Crippen LogP contribution in [0.5, 0.6) is 0 Å². The molecular weight excluding hydrogens is 255 g/mol. The van der Waals surface area contributed by atoms with Crippen LogP contribution in [0.1, 0.15) is 9.67 Å². The summed E-state index contributed by atoms with van der Waals surface area (Å²) in [6.45, 7) is 0. The number of nitrogens with one attached hydrogen (secondary N) is 2. The Bertz CT molecular complexity index is 569. The molecular formula is C12H9FN2O2S. The average molecular weight is 264 g/mol. The largest absolute Gasteiger partial charge is 0.326 e. The predicted molar refractivity (Wildman–Crippen MR) is 67.2 cm³/mol. The van der Waals surface area contributed by atoms with Crippen molar-refractivity contribution in [2.24, 2.45) is 0 Å². The molecule has 3 amide bonds. The molecule has 0 atom stereocenters. The summed E-state index contributed by atoms with van der Waals surface area (Å²) in [5.41, 5.74) is 0.284. The number of amides is 3. The highest BCUT2D eigenvalue weighted by Crippen LogP contribution is 2.10. The van der Waals surface area contributed by atoms with Gasteiger partial charge in [0.25, 0.3) is 5.91 Å². The van der Waals surface area contributed by atoms with Crippen molar-refractivity contribution in [1.82, 2.24) is 5.32 Å². The van der Waals surface area contributed by atoms with Gasteiger partial charge in [-0.15, -0.1) is 11.3 Å². The van der Waals surface area contributed by atoms with Crippen LogP contribution in [0.4, 0.5) is 14.9 Å². The van der Waals surface area contributed by atoms with Crippen molar-refractivity contribution in [2.75, 3.05) is 5.32 Å². The van der Waals surface area contributed by atoms with Crippen molar-refractivity contribution in [3.63, 3.8) is 0 Å². The van der Waals surface area contributed by atoms with Crippen molar-refractivity contribution in [3.05, 3.63) is 52.5 Å². The number of hydrogen-bond acceptors (Lipinski definition) is 3. The van der Waals surface area contributed by atoms with E-state index in [2.05, 4.69) is 10.6 Å². The molecule has 0 saturated heterocycles. The summed E-state index contributed by atoms with van der Waals surface area (Å²) in [6, 6.07) is 8.04. The molecule has 4 nitrogen and oxygen atoms in total. The first-order valence-corrected chi connectivity index (χ1v) is 5.94. The van der Waals surface area contributed by atoms with Crippen molar-refractivity contribution in [2.45, 2.75) is 0 Å². The van der Waals surface area contributed by atoms with Gasteiger partial charge in [0.1, 0.15) is 5.82 Å². The molecule has 0 spiro atoms. The first kappa shape index (κ1) is 12.3. The zero-order chi connectivity index (χ0) is 13.0. The van der Waals surface area contributed by atoms with E-state index in [1.807, 2.05) is 0 Å². The highest BCUT2D eigenvalue weighted by Gasteiger charge is 2.10. The van der Waals surface area contributed by atoms with E-state index in [-0.39, 0.29) is 5.69 Å². The summed E-state index contributed by atoms with van der Waals surface area (Å²) in [4.78, 5) is 23.4. The summed E-state index contributed by atoms with van der Waals surface area (Å²) < 4.78 is 12.9. The second kappa shape index (κ2) is 5.42. The minimum Gasteiger partial charge on any atom is -0.308 e. The molecule has 1 aromatic heterocycles. The van der Waals surface area contributed by atoms with Gasteiger partial charge in [-0.05, 0) is 29.6 Å². The number of carbonyl (C=O) groups excluding carboxylic acids is 2. The molecule has 92 valence electrons. The topological polar surface area (TPSA) is 58.2 Å². The molecule has 2 rings (SSSR count). The van der Waals surface area contributed by atoms with Gasteiger partial charge in [-0.1, -0.05) is 12.1 Å². The second-order valence-corrected chi connectivity index (χ2v) is 4.34. The van der Waals surface area contributed by atoms with E-state index < -0.39 is 17.8 Å². The van der Waals surface area contributed by atoms with Gasteiger partial charge in [0.15, 0.2) is 0 Å². The minimum atomic E-state index is -0.695. The normalized spacial score (nSPS) is 9.83. The summed E-state index contributed by atoms with van der Waals surface area (Å²) in [6.07, 6.45) is 0. The molecule has 18 heavy (non-hydrogen) atoms. The van der Waals surface area contributed by atoms with Crippen molar-refractivity contribution < 1.29 is 14.0 Å². The first-order valence-electron chi connectivity index (χ1n) is 5.06. The molecule has 0 aliphatic carbocycles. The van der Waals surface area contributed by atoms with Gasteiger partial charge < -0.3 is 5.32 Å². The Morgan fingerprint density at radius 3 is 2.67 bits per heavy atom. The van der Waals surface area contributed by atoms with Crippen LogP contribution in [0, 0.1) is 5.82 Å². The molecule has 0 unspecified atom stereocenters. The van der Waals surface area contributed by atoms with E-state index in [1.165, 1.54) is 29.5 Å². The van der Waals surface area contributed by atoms with Crippen LogP contribution in [0.3, 0.4) is 0 Å². The number of halogens is 1. The zero-order valence-electron chi connectivity index (χ0n) is 9.14. The maximum atomic E-state index is 12.9. The van der Waals surface area contributed by atoms with Crippen molar-refractivity contribution in [1.29, 1.82) is 0 Å². The monoisotopic (exact) mass is 264 g/mol. The average Bonchev–Trinajstić information content (AvgIpc) is 2.81. The van der Waals surface area contributed by atoms with E-state index in [9.17, 15) is 14.0 Å². The lowest BCUT2D eigenvalue weighted by Gasteiger charge is -2.05. The van der Waals surface area contributed by atoms with Crippen LogP contribution in [-0.2, 0) is 0 Å². The van der Waals surface area contributed by atoms with Crippen molar-refractivity contribution >= 4 is 29.0 Å². The zero-order valence-corrected chi connectivity index (χ0v) is 9.96. The van der Waals surface area contributed by atoms with Crippen molar-refractivity contribution in [3.8, 4) is 0 Å². The number of benzene rings is 1. The molecule has 2 aromatic rings. The first-order chi connectivity index (χ1) is 8.65. The number of thiophene rings is 1. The SMILES string of the molecule is O=C(NC(=O)c1cccs1)Nc1cccc(F)c1. The minimum absolute atomic E-state index is 0.284. The van der Waals surface area contributed by atoms with E-state index in [1.54, 1.807) is 17.5 Å². The number of urea groups is 1. The predicted octanol–water partition coefficient (Wildman–Crippen LogP) is 2.85. The Morgan fingerprint density at radius 2 is 2.00 bits per heavy atom. The second-order valence-electron chi connectivity index (χ2n) is 3.40. The number of carbonyl (C=O) groups is 2. The quantitative estimate of drug-likeness (QED) is 0.876. The molecule has 0 saturated carbocycles. The summed E-state index contributed by atoms with van der Waals surface area (Å²) in [5.74, 6) is -0.948. The summed E-state index contributed by atoms with van der Waals surface area (Å²) in [5, 5.41) is 6.25. The lowest BCUT2D eigenvalue weighted by molar-refractivity contribution is 0.0971. The van der Waals surface area contributed by atoms with E-state index >= 15 is 0 Å². The molecule has 0 aliphatic rings. The molecule has 1 heterocycles. The maximum absolute atomic E-state index is 12.9. The lowest BCUT2D eigenvalue weighted by atomic mass is 10.3. The third-order valence-electron chi connectivity index (χ3n) is 2.05. The van der Waals surface area contributed by atoms with Gasteiger partial charge in [0.2, 0.25) is 0 Å². The molecule has 0 fully saturated rings. The molecule has 2 N–H and O–H groups in total. The van der Waals surface area contributed by atoms with Crippen LogP contribution < -0.4 is 10.6 Å². The van der Waals surface area contributed by atoms with Gasteiger partial charge in [-0.2, -0.15) is 0 Å². The van der Waals surface area contributed by atoms with Gasteiger partial charge in [-0.25, -0.2) is 9.18 Å². The Kier molecular flexibility index (Phi) is 3.69.